The molecule has 0 bridgehead atoms. The van der Waals surface area contributed by atoms with Crippen LogP contribution in [-0.2, 0) is 16.6 Å². The van der Waals surface area contributed by atoms with Gasteiger partial charge in [-0.05, 0) is 37.8 Å². The van der Waals surface area contributed by atoms with Gasteiger partial charge >= 0.3 is 0 Å². The van der Waals surface area contributed by atoms with Crippen LogP contribution in [0.1, 0.15) is 49.5 Å². The zero-order valence-electron chi connectivity index (χ0n) is 15.5. The number of methoxy groups -OCH3 is 1. The van der Waals surface area contributed by atoms with Gasteiger partial charge in [-0.25, -0.2) is 0 Å². The fraction of sp³-hybridized carbons (Fsp3) is 0.684. The van der Waals surface area contributed by atoms with E-state index in [1.54, 1.807) is 7.11 Å². The molecule has 138 valence electrons. The fourth-order valence-electron chi connectivity index (χ4n) is 4.82. The number of piperidine rings is 1. The summed E-state index contributed by atoms with van der Waals surface area (Å²) in [5.41, 5.74) is 0.479. The quantitative estimate of drug-likeness (QED) is 0.819. The summed E-state index contributed by atoms with van der Waals surface area (Å²) in [6.07, 6.45) is 6.07. The molecule has 1 aromatic rings. The molecule has 2 atom stereocenters. The van der Waals surface area contributed by atoms with Crippen molar-refractivity contribution in [3.05, 3.63) is 24.0 Å². The van der Waals surface area contributed by atoms with E-state index in [0.717, 1.165) is 32.2 Å². The highest BCUT2D eigenvalue weighted by Gasteiger charge is 2.54. The molecule has 6 heteroatoms. The van der Waals surface area contributed by atoms with E-state index in [0.29, 0.717) is 25.3 Å². The molecule has 2 fully saturated rings. The van der Waals surface area contributed by atoms with E-state index in [1.807, 2.05) is 39.7 Å². The third kappa shape index (κ3) is 2.97. The Labute approximate surface area is 149 Å². The van der Waals surface area contributed by atoms with E-state index in [-0.39, 0.29) is 23.4 Å². The van der Waals surface area contributed by atoms with Gasteiger partial charge < -0.3 is 19.1 Å². The second-order valence-corrected chi connectivity index (χ2v) is 7.17. The first-order valence-corrected chi connectivity index (χ1v) is 9.27. The Kier molecular flexibility index (Phi) is 5.18. The van der Waals surface area contributed by atoms with E-state index in [9.17, 15) is 9.59 Å². The Bertz CT molecular complexity index is 642. The van der Waals surface area contributed by atoms with Crippen LogP contribution >= 0.6 is 0 Å². The summed E-state index contributed by atoms with van der Waals surface area (Å²) in [6.45, 7) is 4.03. The van der Waals surface area contributed by atoms with E-state index in [2.05, 4.69) is 6.92 Å². The lowest BCUT2D eigenvalue weighted by Crippen LogP contribution is -2.64. The molecule has 0 aromatic carbocycles. The fourth-order valence-corrected chi connectivity index (χ4v) is 4.82. The monoisotopic (exact) mass is 347 g/mol. The van der Waals surface area contributed by atoms with Crippen LogP contribution in [0, 0.1) is 0 Å². The predicted molar refractivity (Wildman–Crippen MR) is 95.3 cm³/mol. The Morgan fingerprint density at radius 3 is 2.84 bits per heavy atom. The molecule has 1 aromatic heterocycles. The van der Waals surface area contributed by atoms with Crippen molar-refractivity contribution in [1.29, 1.82) is 0 Å². The van der Waals surface area contributed by atoms with Crippen LogP contribution in [0.3, 0.4) is 0 Å². The Balaban J connectivity index is 1.91. The van der Waals surface area contributed by atoms with Crippen molar-refractivity contribution in [3.8, 4) is 0 Å². The molecule has 0 radical (unpaired) electrons. The molecule has 0 saturated carbocycles. The Hall–Kier alpha value is -1.82. The number of carbonyl (C=O) groups is 2. The third-order valence-electron chi connectivity index (χ3n) is 5.95. The van der Waals surface area contributed by atoms with Gasteiger partial charge in [-0.2, -0.15) is 0 Å². The van der Waals surface area contributed by atoms with Crippen LogP contribution in [-0.4, -0.2) is 64.6 Å². The van der Waals surface area contributed by atoms with Crippen molar-refractivity contribution in [3.63, 3.8) is 0 Å². The molecule has 3 heterocycles. The average Bonchev–Trinajstić information content (AvgIpc) is 3.17. The summed E-state index contributed by atoms with van der Waals surface area (Å²) in [5.74, 6) is 0.271. The van der Waals surface area contributed by atoms with Gasteiger partial charge in [0, 0.05) is 39.9 Å². The van der Waals surface area contributed by atoms with Gasteiger partial charge in [-0.15, -0.1) is 0 Å². The van der Waals surface area contributed by atoms with Crippen molar-refractivity contribution in [1.82, 2.24) is 14.4 Å². The maximum absolute atomic E-state index is 13.2. The van der Waals surface area contributed by atoms with Crippen LogP contribution in [0.5, 0.6) is 0 Å². The maximum atomic E-state index is 13.2. The van der Waals surface area contributed by atoms with Crippen molar-refractivity contribution < 1.29 is 14.3 Å². The number of aromatic nitrogens is 1. The highest BCUT2D eigenvalue weighted by Crippen LogP contribution is 2.43. The molecule has 2 aliphatic rings. The number of ether oxygens (including phenoxy) is 1. The summed E-state index contributed by atoms with van der Waals surface area (Å²) in [7, 11) is 3.56. The SMILES string of the molecule is CC[C@H]1N(C(=O)c2cccn2C)CCC[C@@]12CCC(=O)N2CCOC. The van der Waals surface area contributed by atoms with E-state index >= 15 is 0 Å². The Morgan fingerprint density at radius 2 is 2.20 bits per heavy atom. The number of amides is 2. The van der Waals surface area contributed by atoms with Crippen molar-refractivity contribution in [2.24, 2.45) is 7.05 Å². The summed E-state index contributed by atoms with van der Waals surface area (Å²) in [4.78, 5) is 29.7. The molecular weight excluding hydrogens is 318 g/mol. The smallest absolute Gasteiger partial charge is 0.270 e. The summed E-state index contributed by atoms with van der Waals surface area (Å²) in [6, 6.07) is 3.84. The van der Waals surface area contributed by atoms with Crippen LogP contribution in [0.25, 0.3) is 0 Å². The van der Waals surface area contributed by atoms with Gasteiger partial charge in [0.1, 0.15) is 5.69 Å². The lowest BCUT2D eigenvalue weighted by Gasteiger charge is -2.52. The highest BCUT2D eigenvalue weighted by atomic mass is 16.5. The summed E-state index contributed by atoms with van der Waals surface area (Å²) in [5, 5.41) is 0. The van der Waals surface area contributed by atoms with Crippen LogP contribution in [0.4, 0.5) is 0 Å². The lowest BCUT2D eigenvalue weighted by atomic mass is 9.77. The summed E-state index contributed by atoms with van der Waals surface area (Å²) >= 11 is 0. The second kappa shape index (κ2) is 7.20. The van der Waals surface area contributed by atoms with Gasteiger partial charge in [-0.3, -0.25) is 9.59 Å². The lowest BCUT2D eigenvalue weighted by molar-refractivity contribution is -0.135. The molecule has 25 heavy (non-hydrogen) atoms. The van der Waals surface area contributed by atoms with Crippen LogP contribution in [0.15, 0.2) is 18.3 Å². The molecule has 2 aliphatic heterocycles. The van der Waals surface area contributed by atoms with Gasteiger partial charge in [-0.1, -0.05) is 6.92 Å². The van der Waals surface area contributed by atoms with Crippen LogP contribution < -0.4 is 0 Å². The van der Waals surface area contributed by atoms with E-state index in [4.69, 9.17) is 4.74 Å². The summed E-state index contributed by atoms with van der Waals surface area (Å²) < 4.78 is 7.10. The van der Waals surface area contributed by atoms with Crippen molar-refractivity contribution in [2.75, 3.05) is 26.8 Å². The second-order valence-electron chi connectivity index (χ2n) is 7.17. The van der Waals surface area contributed by atoms with E-state index in [1.165, 1.54) is 0 Å². The molecule has 0 unspecified atom stereocenters. The minimum absolute atomic E-state index is 0.0620. The van der Waals surface area contributed by atoms with Crippen molar-refractivity contribution in [2.45, 2.75) is 50.6 Å². The standard InChI is InChI=1S/C19H29N3O3/c1-4-16-19(10-8-17(23)22(19)13-14-25-3)9-6-12-21(16)18(24)15-7-5-11-20(15)2/h5,7,11,16H,4,6,8-10,12-14H2,1-3H3/t16-,19-/m1/s1. The number of likely N-dealkylation sites (tertiary alicyclic amines) is 2. The number of aryl methyl sites for hydroxylation is 1. The number of hydrogen-bond acceptors (Lipinski definition) is 3. The topological polar surface area (TPSA) is 54.8 Å². The molecule has 2 saturated heterocycles. The van der Waals surface area contributed by atoms with Crippen LogP contribution in [0.2, 0.25) is 0 Å². The van der Waals surface area contributed by atoms with E-state index < -0.39 is 0 Å². The third-order valence-corrected chi connectivity index (χ3v) is 5.95. The maximum Gasteiger partial charge on any atom is 0.270 e. The first kappa shape index (κ1) is 18.0. The van der Waals surface area contributed by atoms with Gasteiger partial charge in [0.2, 0.25) is 5.91 Å². The number of hydrogen-bond donors (Lipinski definition) is 0. The molecule has 0 N–H and O–H groups in total. The number of carbonyl (C=O) groups excluding carboxylic acids is 2. The predicted octanol–water partition coefficient (Wildman–Crippen LogP) is 2.05. The molecule has 0 aliphatic carbocycles. The molecule has 1 spiro atoms. The average molecular weight is 347 g/mol. The first-order valence-electron chi connectivity index (χ1n) is 9.27. The van der Waals surface area contributed by atoms with Gasteiger partial charge in [0.15, 0.2) is 0 Å². The van der Waals surface area contributed by atoms with Gasteiger partial charge in [0.05, 0.1) is 18.2 Å². The first-order chi connectivity index (χ1) is 12.0. The molecule has 3 rings (SSSR count). The number of rotatable bonds is 5. The van der Waals surface area contributed by atoms with Crippen molar-refractivity contribution >= 4 is 11.8 Å². The molecule has 6 nitrogen and oxygen atoms in total. The van der Waals surface area contributed by atoms with Gasteiger partial charge in [0.25, 0.3) is 5.91 Å². The normalized spacial score (nSPS) is 26.7. The largest absolute Gasteiger partial charge is 0.383 e. The minimum atomic E-state index is -0.233. The Morgan fingerprint density at radius 1 is 1.40 bits per heavy atom. The highest BCUT2D eigenvalue weighted by molar-refractivity contribution is 5.93. The molecule has 2 amide bonds. The molecular formula is C19H29N3O3. The zero-order valence-corrected chi connectivity index (χ0v) is 15.5. The minimum Gasteiger partial charge on any atom is -0.383 e. The number of nitrogens with zero attached hydrogens (tertiary/aromatic N) is 3. The zero-order chi connectivity index (χ0) is 18.0.